The van der Waals surface area contributed by atoms with Crippen LogP contribution in [0.3, 0.4) is 0 Å². The van der Waals surface area contributed by atoms with Crippen molar-refractivity contribution in [3.63, 3.8) is 0 Å². The Morgan fingerprint density at radius 2 is 2.26 bits per heavy atom. The normalized spacial score (nSPS) is 12.5. The lowest BCUT2D eigenvalue weighted by atomic mass is 10.1. The first-order chi connectivity index (χ1) is 9.01. The summed E-state index contributed by atoms with van der Waals surface area (Å²) in [7, 11) is 1.85. The molecule has 2 N–H and O–H groups in total. The molecule has 0 saturated heterocycles. The first kappa shape index (κ1) is 15.7. The Balaban J connectivity index is 2.74. The summed E-state index contributed by atoms with van der Waals surface area (Å²) in [6.07, 6.45) is 3.62. The first-order valence-corrected chi connectivity index (χ1v) is 6.99. The molecule has 0 radical (unpaired) electrons. The van der Waals surface area contributed by atoms with Crippen LogP contribution in [0.25, 0.3) is 0 Å². The topological polar surface area (TPSA) is 64.2 Å². The third kappa shape index (κ3) is 4.06. The van der Waals surface area contributed by atoms with Gasteiger partial charge in [0.05, 0.1) is 11.8 Å². The van der Waals surface area contributed by atoms with Gasteiger partial charge >= 0.3 is 0 Å². The highest BCUT2D eigenvalue weighted by atomic mass is 16.2. The van der Waals surface area contributed by atoms with E-state index in [1.165, 1.54) is 0 Å². The minimum Gasteiger partial charge on any atom is -0.341 e. The van der Waals surface area contributed by atoms with Crippen LogP contribution in [-0.4, -0.2) is 40.7 Å². The van der Waals surface area contributed by atoms with Crippen LogP contribution in [0.15, 0.2) is 6.20 Å². The Morgan fingerprint density at radius 1 is 1.58 bits per heavy atom. The molecule has 1 amide bonds. The van der Waals surface area contributed by atoms with Crippen molar-refractivity contribution in [1.29, 1.82) is 0 Å². The number of aromatic nitrogens is 2. The van der Waals surface area contributed by atoms with E-state index in [1.807, 2.05) is 18.7 Å². The van der Waals surface area contributed by atoms with Crippen LogP contribution in [-0.2, 0) is 6.54 Å². The van der Waals surface area contributed by atoms with Crippen molar-refractivity contribution >= 4 is 5.91 Å². The molecule has 108 valence electrons. The first-order valence-electron chi connectivity index (χ1n) is 6.99. The molecule has 1 aromatic rings. The lowest BCUT2D eigenvalue weighted by Crippen LogP contribution is -2.31. The van der Waals surface area contributed by atoms with E-state index in [4.69, 9.17) is 5.73 Å². The highest BCUT2D eigenvalue weighted by molar-refractivity contribution is 5.94. The zero-order chi connectivity index (χ0) is 14.4. The van der Waals surface area contributed by atoms with E-state index in [1.54, 1.807) is 11.1 Å². The fourth-order valence-electron chi connectivity index (χ4n) is 2.01. The smallest absolute Gasteiger partial charge is 0.257 e. The molecule has 1 rings (SSSR count). The largest absolute Gasteiger partial charge is 0.341 e. The van der Waals surface area contributed by atoms with Gasteiger partial charge in [-0.15, -0.1) is 0 Å². The van der Waals surface area contributed by atoms with E-state index in [0.29, 0.717) is 18.0 Å². The molecule has 0 aliphatic carbocycles. The van der Waals surface area contributed by atoms with Crippen molar-refractivity contribution in [1.82, 2.24) is 14.7 Å². The molecule has 1 atom stereocenters. The van der Waals surface area contributed by atoms with E-state index in [-0.39, 0.29) is 5.91 Å². The van der Waals surface area contributed by atoms with E-state index < -0.39 is 0 Å². The van der Waals surface area contributed by atoms with Crippen LogP contribution < -0.4 is 5.73 Å². The molecule has 0 spiro atoms. The number of aryl methyl sites for hydroxylation is 1. The summed E-state index contributed by atoms with van der Waals surface area (Å²) in [5.74, 6) is 0.568. The van der Waals surface area contributed by atoms with Crippen LogP contribution in [0.1, 0.15) is 42.7 Å². The van der Waals surface area contributed by atoms with Crippen molar-refractivity contribution < 1.29 is 4.79 Å². The van der Waals surface area contributed by atoms with Crippen molar-refractivity contribution in [3.05, 3.63) is 17.5 Å². The summed E-state index contributed by atoms with van der Waals surface area (Å²) in [4.78, 5) is 14.1. The number of nitrogens with two attached hydrogens (primary N) is 1. The quantitative estimate of drug-likeness (QED) is 0.816. The SMILES string of the molecule is CCC(C)CN(C)C(=O)c1cnn(CCCN)c1C. The van der Waals surface area contributed by atoms with Crippen LogP contribution in [0, 0.1) is 12.8 Å². The third-order valence-corrected chi connectivity index (χ3v) is 3.54. The van der Waals surface area contributed by atoms with E-state index in [9.17, 15) is 4.79 Å². The minimum atomic E-state index is 0.0526. The molecule has 0 aromatic carbocycles. The van der Waals surface area contributed by atoms with Crippen molar-refractivity contribution in [2.75, 3.05) is 20.1 Å². The number of carbonyl (C=O) groups is 1. The van der Waals surface area contributed by atoms with Crippen molar-refractivity contribution in [2.45, 2.75) is 40.2 Å². The van der Waals surface area contributed by atoms with Gasteiger partial charge < -0.3 is 10.6 Å². The molecule has 0 fully saturated rings. The van der Waals surface area contributed by atoms with Crippen LogP contribution in [0.2, 0.25) is 0 Å². The maximum atomic E-state index is 12.4. The Morgan fingerprint density at radius 3 is 2.84 bits per heavy atom. The van der Waals surface area contributed by atoms with Gasteiger partial charge in [-0.25, -0.2) is 0 Å². The van der Waals surface area contributed by atoms with Crippen molar-refractivity contribution in [2.24, 2.45) is 11.7 Å². The van der Waals surface area contributed by atoms with E-state index in [2.05, 4.69) is 18.9 Å². The van der Waals surface area contributed by atoms with Gasteiger partial charge in [0.25, 0.3) is 5.91 Å². The van der Waals surface area contributed by atoms with Crippen molar-refractivity contribution in [3.8, 4) is 0 Å². The Hall–Kier alpha value is -1.36. The predicted octanol–water partition coefficient (Wildman–Crippen LogP) is 1.66. The highest BCUT2D eigenvalue weighted by Gasteiger charge is 2.18. The fraction of sp³-hybridized carbons (Fsp3) is 0.714. The molecule has 5 nitrogen and oxygen atoms in total. The number of hydrogen-bond acceptors (Lipinski definition) is 3. The number of nitrogens with zero attached hydrogens (tertiary/aromatic N) is 3. The Kier molecular flexibility index (Phi) is 6.02. The second-order valence-electron chi connectivity index (χ2n) is 5.21. The number of carbonyl (C=O) groups excluding carboxylic acids is 1. The molecule has 5 heteroatoms. The maximum absolute atomic E-state index is 12.4. The van der Waals surface area contributed by atoms with E-state index in [0.717, 1.165) is 31.6 Å². The standard InChI is InChI=1S/C14H26N4O/c1-5-11(2)10-17(4)14(19)13-9-16-18(12(13)3)8-6-7-15/h9,11H,5-8,10,15H2,1-4H3. The minimum absolute atomic E-state index is 0.0526. The van der Waals surface area contributed by atoms with Crippen LogP contribution in [0.5, 0.6) is 0 Å². The van der Waals surface area contributed by atoms with Gasteiger partial charge in [-0.1, -0.05) is 20.3 Å². The van der Waals surface area contributed by atoms with Gasteiger partial charge in [-0.2, -0.15) is 5.10 Å². The molecular formula is C14H26N4O. The van der Waals surface area contributed by atoms with Gasteiger partial charge in [0.15, 0.2) is 0 Å². The van der Waals surface area contributed by atoms with Gasteiger partial charge in [-0.3, -0.25) is 9.48 Å². The number of amides is 1. The molecule has 1 heterocycles. The zero-order valence-corrected chi connectivity index (χ0v) is 12.5. The lowest BCUT2D eigenvalue weighted by molar-refractivity contribution is 0.0774. The summed E-state index contributed by atoms with van der Waals surface area (Å²) in [6.45, 7) is 8.41. The molecule has 0 aliphatic heterocycles. The average Bonchev–Trinajstić information content (AvgIpc) is 2.76. The molecule has 19 heavy (non-hydrogen) atoms. The number of hydrogen-bond donors (Lipinski definition) is 1. The lowest BCUT2D eigenvalue weighted by Gasteiger charge is -2.20. The van der Waals surface area contributed by atoms with Gasteiger partial charge in [0.2, 0.25) is 0 Å². The highest BCUT2D eigenvalue weighted by Crippen LogP contribution is 2.12. The summed E-state index contributed by atoms with van der Waals surface area (Å²) in [5.41, 5.74) is 7.12. The average molecular weight is 266 g/mol. The Bertz CT molecular complexity index is 414. The van der Waals surface area contributed by atoms with Gasteiger partial charge in [0.1, 0.15) is 0 Å². The fourth-order valence-corrected chi connectivity index (χ4v) is 2.01. The third-order valence-electron chi connectivity index (χ3n) is 3.54. The molecule has 1 unspecified atom stereocenters. The summed E-state index contributed by atoms with van der Waals surface area (Å²) in [5, 5.41) is 4.27. The molecule has 1 aromatic heterocycles. The summed E-state index contributed by atoms with van der Waals surface area (Å²) < 4.78 is 1.86. The Labute approximate surface area is 115 Å². The van der Waals surface area contributed by atoms with Crippen LogP contribution >= 0.6 is 0 Å². The predicted molar refractivity (Wildman–Crippen MR) is 77.1 cm³/mol. The molecule has 0 saturated carbocycles. The molecule has 0 bridgehead atoms. The number of rotatable bonds is 7. The van der Waals surface area contributed by atoms with Gasteiger partial charge in [0, 0.05) is 25.8 Å². The second kappa shape index (κ2) is 7.28. The van der Waals surface area contributed by atoms with E-state index >= 15 is 0 Å². The summed E-state index contributed by atoms with van der Waals surface area (Å²) >= 11 is 0. The van der Waals surface area contributed by atoms with Gasteiger partial charge in [-0.05, 0) is 25.8 Å². The zero-order valence-electron chi connectivity index (χ0n) is 12.5. The van der Waals surface area contributed by atoms with Crippen LogP contribution in [0.4, 0.5) is 0 Å². The second-order valence-corrected chi connectivity index (χ2v) is 5.21. The summed E-state index contributed by atoms with van der Waals surface area (Å²) in [6, 6.07) is 0. The monoisotopic (exact) mass is 266 g/mol. The maximum Gasteiger partial charge on any atom is 0.257 e. The molecular weight excluding hydrogens is 240 g/mol. The molecule has 0 aliphatic rings.